The Hall–Kier alpha value is -11.5. The van der Waals surface area contributed by atoms with E-state index in [0.717, 1.165) is 101 Å². The van der Waals surface area contributed by atoms with Crippen LogP contribution in [0.2, 0.25) is 0 Å². The minimum atomic E-state index is -0.162. The molecule has 0 saturated carbocycles. The van der Waals surface area contributed by atoms with Gasteiger partial charge in [-0.3, -0.25) is 0 Å². The minimum absolute atomic E-state index is 0.162. The molecule has 7 nitrogen and oxygen atoms in total. The molecule has 7 heteroatoms. The first-order valence-corrected chi connectivity index (χ1v) is 35.1. The Morgan fingerprint density at radius 1 is 0.320 bits per heavy atom. The summed E-state index contributed by atoms with van der Waals surface area (Å²) in [5, 5.41) is 7.17. The number of rotatable bonds is 8. The lowest BCUT2D eigenvalue weighted by molar-refractivity contribution is 0.568. The molecule has 4 aromatic heterocycles. The first-order valence-electron chi connectivity index (χ1n) is 35.1. The van der Waals surface area contributed by atoms with Crippen LogP contribution in [0.5, 0.6) is 0 Å². The van der Waals surface area contributed by atoms with E-state index in [4.69, 9.17) is 21.5 Å². The van der Waals surface area contributed by atoms with E-state index in [1.54, 1.807) is 0 Å². The van der Waals surface area contributed by atoms with E-state index >= 15 is 0 Å². The quantitative estimate of drug-likeness (QED) is 0.142. The van der Waals surface area contributed by atoms with Gasteiger partial charge in [0, 0.05) is 65.8 Å². The van der Waals surface area contributed by atoms with Gasteiger partial charge in [0.25, 0.3) is 0 Å². The maximum Gasteiger partial charge on any atom is 0.187 e. The van der Waals surface area contributed by atoms with Crippen LogP contribution in [0, 0.1) is 6.57 Å². The Morgan fingerprint density at radius 3 is 1.35 bits per heavy atom. The van der Waals surface area contributed by atoms with Crippen LogP contribution in [-0.2, 0) is 28.1 Å². The Kier molecular flexibility index (Phi) is 14.2. The highest BCUT2D eigenvalue weighted by Crippen LogP contribution is 2.50. The normalized spacial score (nSPS) is 12.8. The molecule has 12 aromatic carbocycles. The predicted molar refractivity (Wildman–Crippen MR) is 419 cm³/mol. The van der Waals surface area contributed by atoms with E-state index in [2.05, 4.69) is 332 Å². The zero-order valence-electron chi connectivity index (χ0n) is 59.0. The zero-order chi connectivity index (χ0) is 68.9. The number of para-hydroxylation sites is 4. The summed E-state index contributed by atoms with van der Waals surface area (Å²) in [4.78, 5) is 21.0. The van der Waals surface area contributed by atoms with Crippen LogP contribution in [0.3, 0.4) is 0 Å². The van der Waals surface area contributed by atoms with Gasteiger partial charge in [0.1, 0.15) is 0 Å². The van der Waals surface area contributed by atoms with E-state index in [1.165, 1.54) is 71.4 Å². The maximum atomic E-state index is 8.25. The molecule has 0 spiro atoms. The summed E-state index contributed by atoms with van der Waals surface area (Å²) in [5.41, 5.74) is 26.5. The summed E-state index contributed by atoms with van der Waals surface area (Å²) in [5.74, 6) is 1.80. The van der Waals surface area contributed by atoms with Crippen molar-refractivity contribution in [2.75, 3.05) is 0 Å². The second-order valence-electron chi connectivity index (χ2n) is 31.6. The van der Waals surface area contributed by atoms with Gasteiger partial charge in [0.2, 0.25) is 0 Å². The van der Waals surface area contributed by atoms with Crippen LogP contribution >= 0.6 is 0 Å². The summed E-state index contributed by atoms with van der Waals surface area (Å²) in [7, 11) is 0. The van der Waals surface area contributed by atoms with E-state index in [9.17, 15) is 0 Å². The topological polar surface area (TPSA) is 57.8 Å². The Morgan fingerprint density at radius 2 is 0.780 bits per heavy atom. The molecule has 0 N–H and O–H groups in total. The first kappa shape index (κ1) is 62.1. The molecule has 0 bridgehead atoms. The van der Waals surface area contributed by atoms with Crippen molar-refractivity contribution >= 4 is 71.1 Å². The molecule has 4 heterocycles. The van der Waals surface area contributed by atoms with Crippen molar-refractivity contribution < 1.29 is 0 Å². The van der Waals surface area contributed by atoms with Gasteiger partial charge in [0.15, 0.2) is 23.2 Å². The van der Waals surface area contributed by atoms with Crippen molar-refractivity contribution in [3.05, 3.63) is 294 Å². The number of aromatic nitrogens is 6. The van der Waals surface area contributed by atoms with E-state index in [1.807, 2.05) is 18.2 Å². The highest BCUT2D eigenvalue weighted by Gasteiger charge is 2.31. The zero-order valence-corrected chi connectivity index (χ0v) is 59.0. The van der Waals surface area contributed by atoms with Crippen molar-refractivity contribution in [2.45, 2.75) is 111 Å². The lowest BCUT2D eigenvalue weighted by atomic mass is 9.79. The third-order valence-corrected chi connectivity index (χ3v) is 20.9. The van der Waals surface area contributed by atoms with Crippen LogP contribution in [0.25, 0.3) is 155 Å². The monoisotopic (exact) mass is 1290 g/mol. The predicted octanol–water partition coefficient (Wildman–Crippen LogP) is 24.8. The molecule has 0 amide bonds. The molecular formula is C93H79N7. The van der Waals surface area contributed by atoms with Crippen molar-refractivity contribution in [2.24, 2.45) is 0 Å². The summed E-state index contributed by atoms with van der Waals surface area (Å²) < 4.78 is 7.47. The number of benzene rings is 12. The van der Waals surface area contributed by atoms with Crippen LogP contribution in [-0.4, -0.2) is 28.7 Å². The lowest BCUT2D eigenvalue weighted by Gasteiger charge is -2.26. The van der Waals surface area contributed by atoms with Crippen molar-refractivity contribution in [1.29, 1.82) is 0 Å². The molecule has 16 aromatic rings. The van der Waals surface area contributed by atoms with Crippen LogP contribution in [0.1, 0.15) is 116 Å². The van der Waals surface area contributed by atoms with E-state index in [0.29, 0.717) is 23.2 Å². The number of hydrogen-bond acceptors (Lipinski definition) is 3. The molecule has 0 radical (unpaired) electrons. The summed E-state index contributed by atoms with van der Waals surface area (Å²) in [6, 6.07) is 91.6. The molecule has 486 valence electrons. The number of fused-ring (bicyclic) bond motifs is 14. The van der Waals surface area contributed by atoms with Gasteiger partial charge in [-0.05, 0) is 187 Å². The lowest BCUT2D eigenvalue weighted by Crippen LogP contribution is -2.17. The van der Waals surface area contributed by atoms with Crippen LogP contribution in [0.4, 0.5) is 5.69 Å². The molecule has 17 rings (SSSR count). The standard InChI is InChI=1S/C93H79N7/c1-90(2,3)62-46-60(47-63(54-62)91(4,5)6)88-95-87(96-89(97-88)61-48-64(92(7,8)9)55-65(49-61)93(10,11)12)59-39-43-81(99-78-36-23-20-33-72(78)84-76-52-58-26-17-18-31-68(58)69(76)40-44-82(84)99)75(53-59)74-51-57(56-27-25-28-66(50-56)94-13)38-42-80(74)100-79-37-24-21-34-73(79)85-83(100)45-41-71-70-32-19-22-35-77(70)98(86(71)85)67-29-15-14-16-30-67/h14-51,53-55H,52H2,1-12H3. The molecule has 0 saturated heterocycles. The van der Waals surface area contributed by atoms with Crippen molar-refractivity contribution in [3.63, 3.8) is 0 Å². The Bertz CT molecular complexity index is 5950. The minimum Gasteiger partial charge on any atom is -0.309 e. The highest BCUT2D eigenvalue weighted by molar-refractivity contribution is 6.26. The van der Waals surface area contributed by atoms with E-state index < -0.39 is 0 Å². The second-order valence-corrected chi connectivity index (χ2v) is 31.6. The molecular weight excluding hydrogens is 1220 g/mol. The SMILES string of the molecule is [C-]#[N+]c1cccc(-c2ccc(-n3c4ccccc4c4c3ccc3c5ccccc5n(-c5ccccc5)c34)c(-c3cc(-c4nc(-c5cc(C(C)(C)C)cc(C(C)(C)C)c5)nc(-c5cc(C(C)(C)C)cc(C(C)(C)C)c5)n4)ccc3-n3c4ccccc4c4c5c(ccc43)-c3ccccc3C5)c2)c1. The molecule has 0 atom stereocenters. The maximum absolute atomic E-state index is 8.25. The van der Waals surface area contributed by atoms with E-state index in [-0.39, 0.29) is 21.7 Å². The Balaban J connectivity index is 1.01. The third kappa shape index (κ3) is 10.3. The van der Waals surface area contributed by atoms with Crippen LogP contribution < -0.4 is 0 Å². The molecule has 0 aliphatic heterocycles. The van der Waals surface area contributed by atoms with Gasteiger partial charge >= 0.3 is 0 Å². The largest absolute Gasteiger partial charge is 0.309 e. The molecule has 0 unspecified atom stereocenters. The fourth-order valence-electron chi connectivity index (χ4n) is 15.5. The highest BCUT2D eigenvalue weighted by atomic mass is 15.0. The molecule has 0 fully saturated rings. The fourth-order valence-corrected chi connectivity index (χ4v) is 15.5. The number of nitrogens with zero attached hydrogens (tertiary/aromatic N) is 7. The fraction of sp³-hybridized carbons (Fsp3) is 0.183. The van der Waals surface area contributed by atoms with Gasteiger partial charge in [-0.2, -0.15) is 0 Å². The molecule has 1 aliphatic rings. The van der Waals surface area contributed by atoms with Crippen molar-refractivity contribution in [3.8, 4) is 84.6 Å². The summed E-state index contributed by atoms with van der Waals surface area (Å²) in [6.07, 6.45) is 0.846. The first-order chi connectivity index (χ1) is 48.0. The molecule has 1 aliphatic carbocycles. The number of hydrogen-bond donors (Lipinski definition) is 0. The summed E-state index contributed by atoms with van der Waals surface area (Å²) >= 11 is 0. The third-order valence-electron chi connectivity index (χ3n) is 20.9. The Labute approximate surface area is 585 Å². The van der Waals surface area contributed by atoms with Gasteiger partial charge < -0.3 is 13.7 Å². The average Bonchev–Trinajstić information content (AvgIpc) is 1.54. The average molecular weight is 1290 g/mol. The second kappa shape index (κ2) is 22.8. The van der Waals surface area contributed by atoms with Crippen molar-refractivity contribution in [1.82, 2.24) is 28.7 Å². The van der Waals surface area contributed by atoms with Gasteiger partial charge in [-0.1, -0.05) is 229 Å². The molecule has 100 heavy (non-hydrogen) atoms. The van der Waals surface area contributed by atoms with Gasteiger partial charge in [-0.15, -0.1) is 0 Å². The van der Waals surface area contributed by atoms with Crippen LogP contribution in [0.15, 0.2) is 249 Å². The van der Waals surface area contributed by atoms with Gasteiger partial charge in [-0.25, -0.2) is 19.8 Å². The van der Waals surface area contributed by atoms with Gasteiger partial charge in [0.05, 0.1) is 51.0 Å². The smallest absolute Gasteiger partial charge is 0.187 e. The summed E-state index contributed by atoms with van der Waals surface area (Å²) in [6.45, 7) is 35.7.